The third-order valence-corrected chi connectivity index (χ3v) is 4.46. The summed E-state index contributed by atoms with van der Waals surface area (Å²) in [6, 6.07) is 0.757. The number of likely N-dealkylation sites (tertiary alicyclic amines) is 1. The number of hydrogen-bond donors (Lipinski definition) is 1. The molecule has 0 aromatic heterocycles. The molecule has 2 atom stereocenters. The first-order valence-electron chi connectivity index (χ1n) is 8.59. The van der Waals surface area contributed by atoms with E-state index in [2.05, 4.69) is 37.9 Å². The van der Waals surface area contributed by atoms with Gasteiger partial charge in [-0.3, -0.25) is 0 Å². The summed E-state index contributed by atoms with van der Waals surface area (Å²) in [6.07, 6.45) is 8.43. The summed E-state index contributed by atoms with van der Waals surface area (Å²) in [5.74, 6) is 1.69. The fraction of sp³-hybridized carbons (Fsp3) is 1.00. The zero-order valence-corrected chi connectivity index (χ0v) is 13.8. The minimum absolute atomic E-state index is 0.757. The minimum atomic E-state index is 0.757. The van der Waals surface area contributed by atoms with Gasteiger partial charge in [0, 0.05) is 12.6 Å². The molecule has 0 spiro atoms. The number of hydrogen-bond acceptors (Lipinski definition) is 2. The minimum Gasteiger partial charge on any atom is -0.314 e. The third kappa shape index (κ3) is 7.31. The molecule has 2 nitrogen and oxygen atoms in total. The van der Waals surface area contributed by atoms with Crippen molar-refractivity contribution in [1.82, 2.24) is 10.2 Å². The third-order valence-electron chi connectivity index (χ3n) is 4.46. The van der Waals surface area contributed by atoms with Gasteiger partial charge in [-0.25, -0.2) is 0 Å². The Morgan fingerprint density at radius 3 is 2.53 bits per heavy atom. The van der Waals surface area contributed by atoms with Crippen molar-refractivity contribution in [2.45, 2.75) is 72.3 Å². The average molecular weight is 268 g/mol. The van der Waals surface area contributed by atoms with Gasteiger partial charge in [-0.05, 0) is 44.3 Å². The zero-order chi connectivity index (χ0) is 14.1. The second kappa shape index (κ2) is 9.77. The van der Waals surface area contributed by atoms with E-state index < -0.39 is 0 Å². The molecule has 114 valence electrons. The molecule has 1 aliphatic heterocycles. The van der Waals surface area contributed by atoms with Gasteiger partial charge in [0.15, 0.2) is 0 Å². The zero-order valence-electron chi connectivity index (χ0n) is 13.8. The van der Waals surface area contributed by atoms with Crippen LogP contribution in [0.5, 0.6) is 0 Å². The first-order chi connectivity index (χ1) is 9.13. The number of nitrogens with one attached hydrogen (secondary N) is 1. The van der Waals surface area contributed by atoms with Crippen LogP contribution < -0.4 is 5.32 Å². The Morgan fingerprint density at radius 1 is 1.16 bits per heavy atom. The van der Waals surface area contributed by atoms with Crippen molar-refractivity contribution in [2.75, 3.05) is 26.2 Å². The van der Waals surface area contributed by atoms with E-state index in [1.54, 1.807) is 0 Å². The van der Waals surface area contributed by atoms with Crippen LogP contribution in [0.1, 0.15) is 66.2 Å². The predicted octanol–water partition coefficient (Wildman–Crippen LogP) is 3.91. The van der Waals surface area contributed by atoms with Crippen molar-refractivity contribution in [3.8, 4) is 0 Å². The van der Waals surface area contributed by atoms with Crippen LogP contribution in [0.4, 0.5) is 0 Å². The average Bonchev–Trinajstić information content (AvgIpc) is 2.36. The van der Waals surface area contributed by atoms with Crippen LogP contribution in [0, 0.1) is 11.8 Å². The normalized spacial score (nSPS) is 25.1. The van der Waals surface area contributed by atoms with Crippen LogP contribution in [0.25, 0.3) is 0 Å². The van der Waals surface area contributed by atoms with Gasteiger partial charge in [-0.2, -0.15) is 0 Å². The fourth-order valence-electron chi connectivity index (χ4n) is 3.24. The van der Waals surface area contributed by atoms with Crippen molar-refractivity contribution >= 4 is 0 Å². The molecule has 0 amide bonds. The molecule has 1 fully saturated rings. The molecule has 2 unspecified atom stereocenters. The molecule has 0 bridgehead atoms. The Balaban J connectivity index is 2.02. The lowest BCUT2D eigenvalue weighted by Crippen LogP contribution is -2.48. The van der Waals surface area contributed by atoms with E-state index in [0.29, 0.717) is 0 Å². The van der Waals surface area contributed by atoms with Crippen LogP contribution in [-0.2, 0) is 0 Å². The van der Waals surface area contributed by atoms with Crippen molar-refractivity contribution < 1.29 is 0 Å². The van der Waals surface area contributed by atoms with E-state index in [1.807, 2.05) is 0 Å². The highest BCUT2D eigenvalue weighted by Gasteiger charge is 2.24. The lowest BCUT2D eigenvalue weighted by Gasteiger charge is -2.37. The quantitative estimate of drug-likeness (QED) is 0.638. The molecule has 0 aromatic rings. The van der Waals surface area contributed by atoms with E-state index in [-0.39, 0.29) is 0 Å². The molecule has 0 radical (unpaired) electrons. The molecule has 0 aromatic carbocycles. The monoisotopic (exact) mass is 268 g/mol. The van der Waals surface area contributed by atoms with E-state index >= 15 is 0 Å². The SMILES string of the molecule is CCNC1CCN(CCCCCCC(C)C)CC1C. The van der Waals surface area contributed by atoms with Crippen molar-refractivity contribution in [3.05, 3.63) is 0 Å². The highest BCUT2D eigenvalue weighted by Crippen LogP contribution is 2.17. The van der Waals surface area contributed by atoms with Crippen molar-refractivity contribution in [2.24, 2.45) is 11.8 Å². The van der Waals surface area contributed by atoms with Crippen molar-refractivity contribution in [1.29, 1.82) is 0 Å². The summed E-state index contributed by atoms with van der Waals surface area (Å²) in [7, 11) is 0. The molecule has 1 aliphatic rings. The molecule has 0 aliphatic carbocycles. The summed E-state index contributed by atoms with van der Waals surface area (Å²) < 4.78 is 0. The van der Waals surface area contributed by atoms with Gasteiger partial charge in [0.1, 0.15) is 0 Å². The molecule has 1 N–H and O–H groups in total. The first kappa shape index (κ1) is 17.0. The Hall–Kier alpha value is -0.0800. The van der Waals surface area contributed by atoms with Crippen LogP contribution in [0.3, 0.4) is 0 Å². The highest BCUT2D eigenvalue weighted by molar-refractivity contribution is 4.82. The number of unbranched alkanes of at least 4 members (excludes halogenated alkanes) is 3. The van der Waals surface area contributed by atoms with Gasteiger partial charge in [-0.1, -0.05) is 53.4 Å². The Morgan fingerprint density at radius 2 is 1.89 bits per heavy atom. The first-order valence-corrected chi connectivity index (χ1v) is 8.59. The van der Waals surface area contributed by atoms with Crippen molar-refractivity contribution in [3.63, 3.8) is 0 Å². The van der Waals surface area contributed by atoms with Crippen LogP contribution in [0.15, 0.2) is 0 Å². The summed E-state index contributed by atoms with van der Waals surface area (Å²) in [5.41, 5.74) is 0. The Labute approximate surface area is 121 Å². The maximum absolute atomic E-state index is 3.62. The second-order valence-corrected chi connectivity index (χ2v) is 6.83. The van der Waals surface area contributed by atoms with E-state index in [9.17, 15) is 0 Å². The standard InChI is InChI=1S/C17H36N2/c1-5-18-17-11-13-19(14-16(17)4)12-9-7-6-8-10-15(2)3/h15-18H,5-14H2,1-4H3. The van der Waals surface area contributed by atoms with Gasteiger partial charge in [-0.15, -0.1) is 0 Å². The predicted molar refractivity (Wildman–Crippen MR) is 85.6 cm³/mol. The van der Waals surface area contributed by atoms with Gasteiger partial charge < -0.3 is 10.2 Å². The highest BCUT2D eigenvalue weighted by atomic mass is 15.1. The van der Waals surface area contributed by atoms with E-state index in [0.717, 1.165) is 24.4 Å². The van der Waals surface area contributed by atoms with Gasteiger partial charge in [0.25, 0.3) is 0 Å². The Kier molecular flexibility index (Phi) is 8.72. The van der Waals surface area contributed by atoms with Gasteiger partial charge in [0.2, 0.25) is 0 Å². The van der Waals surface area contributed by atoms with Gasteiger partial charge >= 0.3 is 0 Å². The summed E-state index contributed by atoms with van der Waals surface area (Å²) in [6.45, 7) is 14.3. The van der Waals surface area contributed by atoms with E-state index in [1.165, 1.54) is 58.2 Å². The Bertz CT molecular complexity index is 215. The second-order valence-electron chi connectivity index (χ2n) is 6.83. The van der Waals surface area contributed by atoms with E-state index in [4.69, 9.17) is 0 Å². The largest absolute Gasteiger partial charge is 0.314 e. The summed E-state index contributed by atoms with van der Waals surface area (Å²) >= 11 is 0. The molecule has 1 heterocycles. The molecule has 19 heavy (non-hydrogen) atoms. The number of nitrogens with zero attached hydrogens (tertiary/aromatic N) is 1. The summed E-state index contributed by atoms with van der Waals surface area (Å²) in [5, 5.41) is 3.62. The smallest absolute Gasteiger partial charge is 0.0117 e. The molecule has 0 saturated carbocycles. The topological polar surface area (TPSA) is 15.3 Å². The molecule has 2 heteroatoms. The van der Waals surface area contributed by atoms with Crippen LogP contribution in [0.2, 0.25) is 0 Å². The fourth-order valence-corrected chi connectivity index (χ4v) is 3.24. The number of piperidine rings is 1. The molecule has 1 saturated heterocycles. The maximum Gasteiger partial charge on any atom is 0.0117 e. The number of rotatable bonds is 9. The maximum atomic E-state index is 3.62. The lowest BCUT2D eigenvalue weighted by atomic mass is 9.93. The van der Waals surface area contributed by atoms with Gasteiger partial charge in [0.05, 0.1) is 0 Å². The van der Waals surface area contributed by atoms with Crippen LogP contribution >= 0.6 is 0 Å². The molecular weight excluding hydrogens is 232 g/mol. The molecule has 1 rings (SSSR count). The summed E-state index contributed by atoms with van der Waals surface area (Å²) in [4.78, 5) is 2.68. The van der Waals surface area contributed by atoms with Crippen LogP contribution in [-0.4, -0.2) is 37.1 Å². The molecular formula is C17H36N2. The lowest BCUT2D eigenvalue weighted by molar-refractivity contribution is 0.146.